The number of nitriles is 1. The number of nitrogens with two attached hydrogens (primary N) is 3. The van der Waals surface area contributed by atoms with Crippen molar-refractivity contribution in [3.63, 3.8) is 0 Å². The van der Waals surface area contributed by atoms with E-state index in [1.165, 1.54) is 0 Å². The first-order valence-corrected chi connectivity index (χ1v) is 6.99. The number of nitrogens with one attached hydrogen (secondary N) is 1. The molecule has 0 unspecified atom stereocenters. The fraction of sp³-hybridized carbons (Fsp3) is 0.375. The maximum Gasteiger partial charge on any atom is 0.232 e. The van der Waals surface area contributed by atoms with Crippen LogP contribution < -0.4 is 22.5 Å². The maximum absolute atomic E-state index is 8.28. The van der Waals surface area contributed by atoms with E-state index < -0.39 is 0 Å². The topological polar surface area (TPSA) is 164 Å². The Kier molecular flexibility index (Phi) is 6.41. The molecule has 0 aromatic carbocycles. The third-order valence-electron chi connectivity index (χ3n) is 1.62. The Hall–Kier alpha value is -2.06. The molecular weight excluding hydrogens is 286 g/mol. The Morgan fingerprint density at radius 3 is 2.95 bits per heavy atom. The van der Waals surface area contributed by atoms with Gasteiger partial charge in [-0.05, 0) is 0 Å². The molecule has 0 amide bonds. The molecule has 9 nitrogen and oxygen atoms in total. The summed E-state index contributed by atoms with van der Waals surface area (Å²) in [6.07, 6.45) is 1.69. The van der Waals surface area contributed by atoms with E-state index in [-0.39, 0.29) is 11.9 Å². The van der Waals surface area contributed by atoms with Gasteiger partial charge >= 0.3 is 0 Å². The molecule has 0 aliphatic heterocycles. The highest BCUT2D eigenvalue weighted by Crippen LogP contribution is 2.17. The second-order valence-electron chi connectivity index (χ2n) is 3.09. The molecule has 0 aliphatic rings. The summed E-state index contributed by atoms with van der Waals surface area (Å²) in [5.74, 6) is 2.12. The van der Waals surface area contributed by atoms with Crippen LogP contribution in [0, 0.1) is 11.5 Å². The first-order valence-electron chi connectivity index (χ1n) is 5.07. The van der Waals surface area contributed by atoms with E-state index in [9.17, 15) is 0 Å². The standard InChI is InChI=1S/C8H13N9S2/c9-4-14-7(12)13-1-2-18-3-5-15-8(19-17-5)16-6(10)11/h1-3H2,(H3,12,13,14)(H4,10,11,15,16,17). The lowest BCUT2D eigenvalue weighted by molar-refractivity contribution is 1.08. The lowest BCUT2D eigenvalue weighted by Crippen LogP contribution is -2.27. The summed E-state index contributed by atoms with van der Waals surface area (Å²) < 4.78 is 4.11. The quantitative estimate of drug-likeness (QED) is 0.172. The Balaban J connectivity index is 2.27. The number of hydrogen-bond acceptors (Lipinski definition) is 7. The van der Waals surface area contributed by atoms with Crippen LogP contribution in [0.15, 0.2) is 9.98 Å². The van der Waals surface area contributed by atoms with Crippen molar-refractivity contribution in [2.45, 2.75) is 5.75 Å². The summed E-state index contributed by atoms with van der Waals surface area (Å²) >= 11 is 2.73. The van der Waals surface area contributed by atoms with Gasteiger partial charge in [-0.25, -0.2) is 4.98 Å². The molecule has 0 radical (unpaired) electrons. The van der Waals surface area contributed by atoms with Crippen LogP contribution in [-0.4, -0.2) is 33.6 Å². The number of rotatable bonds is 6. The van der Waals surface area contributed by atoms with Gasteiger partial charge < -0.3 is 17.2 Å². The van der Waals surface area contributed by atoms with Gasteiger partial charge in [0, 0.05) is 17.3 Å². The van der Waals surface area contributed by atoms with Crippen molar-refractivity contribution in [3.8, 4) is 6.19 Å². The second kappa shape index (κ2) is 8.11. The minimum Gasteiger partial charge on any atom is -0.370 e. The molecule has 1 aromatic rings. The molecule has 19 heavy (non-hydrogen) atoms. The fourth-order valence-corrected chi connectivity index (χ4v) is 2.29. The Morgan fingerprint density at radius 1 is 1.47 bits per heavy atom. The normalized spacial score (nSPS) is 10.8. The summed E-state index contributed by atoms with van der Waals surface area (Å²) in [5.41, 5.74) is 15.8. The Bertz CT molecular complexity index is 497. The molecule has 102 valence electrons. The largest absolute Gasteiger partial charge is 0.370 e. The van der Waals surface area contributed by atoms with E-state index in [1.807, 2.05) is 0 Å². The van der Waals surface area contributed by atoms with Crippen molar-refractivity contribution in [2.24, 2.45) is 27.2 Å². The summed E-state index contributed by atoms with van der Waals surface area (Å²) in [6, 6.07) is 0. The van der Waals surface area contributed by atoms with Gasteiger partial charge in [-0.2, -0.15) is 26.4 Å². The van der Waals surface area contributed by atoms with E-state index in [1.54, 1.807) is 18.0 Å². The highest BCUT2D eigenvalue weighted by atomic mass is 32.2. The average Bonchev–Trinajstić information content (AvgIpc) is 2.75. The predicted octanol–water partition coefficient (Wildman–Crippen LogP) is -0.938. The summed E-state index contributed by atoms with van der Waals surface area (Å²) in [7, 11) is 0. The van der Waals surface area contributed by atoms with Crippen LogP contribution in [0.1, 0.15) is 5.82 Å². The zero-order valence-corrected chi connectivity index (χ0v) is 11.5. The van der Waals surface area contributed by atoms with Crippen LogP contribution in [0.5, 0.6) is 0 Å². The smallest absolute Gasteiger partial charge is 0.232 e. The third-order valence-corrected chi connectivity index (χ3v) is 3.20. The van der Waals surface area contributed by atoms with Gasteiger partial charge in [0.05, 0.1) is 12.3 Å². The molecule has 0 fully saturated rings. The molecule has 7 N–H and O–H groups in total. The van der Waals surface area contributed by atoms with Crippen LogP contribution >= 0.6 is 23.3 Å². The molecule has 0 aliphatic carbocycles. The molecular formula is C8H13N9S2. The highest BCUT2D eigenvalue weighted by molar-refractivity contribution is 7.98. The van der Waals surface area contributed by atoms with E-state index >= 15 is 0 Å². The van der Waals surface area contributed by atoms with E-state index in [2.05, 4.69) is 24.7 Å². The van der Waals surface area contributed by atoms with Gasteiger partial charge in [0.25, 0.3) is 0 Å². The van der Waals surface area contributed by atoms with Gasteiger partial charge in [-0.1, -0.05) is 0 Å². The van der Waals surface area contributed by atoms with Crippen molar-refractivity contribution < 1.29 is 0 Å². The predicted molar refractivity (Wildman–Crippen MR) is 76.8 cm³/mol. The van der Waals surface area contributed by atoms with Crippen molar-refractivity contribution in [1.82, 2.24) is 14.7 Å². The second-order valence-corrected chi connectivity index (χ2v) is 4.92. The van der Waals surface area contributed by atoms with Crippen LogP contribution in [0.4, 0.5) is 5.13 Å². The zero-order chi connectivity index (χ0) is 14.1. The Morgan fingerprint density at radius 2 is 2.26 bits per heavy atom. The molecule has 1 heterocycles. The minimum atomic E-state index is -0.0369. The number of aromatic nitrogens is 2. The van der Waals surface area contributed by atoms with Crippen molar-refractivity contribution >= 4 is 40.3 Å². The number of nitrogens with zero attached hydrogens (tertiary/aromatic N) is 5. The molecule has 0 atom stereocenters. The van der Waals surface area contributed by atoms with Crippen molar-refractivity contribution in [1.29, 1.82) is 5.26 Å². The summed E-state index contributed by atoms with van der Waals surface area (Å²) in [5, 5.41) is 11.0. The maximum atomic E-state index is 8.28. The molecule has 0 spiro atoms. The molecule has 0 saturated carbocycles. The van der Waals surface area contributed by atoms with Crippen LogP contribution in [0.25, 0.3) is 0 Å². The molecule has 1 aromatic heterocycles. The zero-order valence-electron chi connectivity index (χ0n) is 9.91. The van der Waals surface area contributed by atoms with Gasteiger partial charge in [0.2, 0.25) is 11.1 Å². The number of thioether (sulfide) groups is 1. The molecule has 0 bridgehead atoms. The fourth-order valence-electron chi connectivity index (χ4n) is 0.950. The average molecular weight is 299 g/mol. The summed E-state index contributed by atoms with van der Waals surface area (Å²) in [6.45, 7) is 0.510. The lowest BCUT2D eigenvalue weighted by atomic mass is 10.7. The van der Waals surface area contributed by atoms with Crippen molar-refractivity contribution in [2.75, 3.05) is 12.3 Å². The van der Waals surface area contributed by atoms with Gasteiger partial charge in [-0.3, -0.25) is 10.3 Å². The molecule has 1 rings (SSSR count). The van der Waals surface area contributed by atoms with Gasteiger partial charge in [-0.15, -0.1) is 0 Å². The van der Waals surface area contributed by atoms with E-state index in [0.717, 1.165) is 17.3 Å². The molecule has 0 saturated heterocycles. The van der Waals surface area contributed by atoms with Crippen LogP contribution in [0.3, 0.4) is 0 Å². The summed E-state index contributed by atoms with van der Waals surface area (Å²) in [4.78, 5) is 11.9. The Labute approximate surface area is 118 Å². The van der Waals surface area contributed by atoms with Gasteiger partial charge in [0.15, 0.2) is 18.0 Å². The highest BCUT2D eigenvalue weighted by Gasteiger charge is 2.03. The third kappa shape index (κ3) is 6.43. The molecule has 11 heteroatoms. The SMILES string of the molecule is N#CNC(N)=NCCSCc1nsc(N=C(N)N)n1. The minimum absolute atomic E-state index is 0.0369. The van der Waals surface area contributed by atoms with Gasteiger partial charge in [0.1, 0.15) is 0 Å². The van der Waals surface area contributed by atoms with E-state index in [0.29, 0.717) is 23.3 Å². The lowest BCUT2D eigenvalue weighted by Gasteiger charge is -1.97. The van der Waals surface area contributed by atoms with Crippen LogP contribution in [0.2, 0.25) is 0 Å². The van der Waals surface area contributed by atoms with Crippen molar-refractivity contribution in [3.05, 3.63) is 5.82 Å². The monoisotopic (exact) mass is 299 g/mol. The number of aliphatic imine (C=N–C) groups is 2. The van der Waals surface area contributed by atoms with Crippen LogP contribution in [-0.2, 0) is 5.75 Å². The van der Waals surface area contributed by atoms with E-state index in [4.69, 9.17) is 22.5 Å². The number of hydrogen-bond donors (Lipinski definition) is 4. The number of guanidine groups is 2. The first-order chi connectivity index (χ1) is 9.11. The first kappa shape index (κ1) is 15.0.